The molecule has 6 heteroatoms. The summed E-state index contributed by atoms with van der Waals surface area (Å²) in [6.45, 7) is 0.587. The molecular weight excluding hydrogens is 408 g/mol. The number of anilines is 1. The number of thiocarbonyl (C=S) groups is 1. The highest BCUT2D eigenvalue weighted by molar-refractivity contribution is 7.80. The van der Waals surface area contributed by atoms with Crippen LogP contribution in [0, 0.1) is 0 Å². The quantitative estimate of drug-likeness (QED) is 0.376. The van der Waals surface area contributed by atoms with E-state index >= 15 is 0 Å². The van der Waals surface area contributed by atoms with Gasteiger partial charge in [-0.25, -0.2) is 0 Å². The largest absolute Gasteiger partial charge is 0.497 e. The molecule has 0 fully saturated rings. The Hall–Kier alpha value is -3.38. The molecule has 3 aromatic rings. The lowest BCUT2D eigenvalue weighted by Gasteiger charge is -2.14. The third-order valence-corrected chi connectivity index (χ3v) is 4.83. The van der Waals surface area contributed by atoms with Gasteiger partial charge in [0.05, 0.1) is 25.8 Å². The van der Waals surface area contributed by atoms with Gasteiger partial charge in [0.1, 0.15) is 11.5 Å². The van der Waals surface area contributed by atoms with Gasteiger partial charge in [0.15, 0.2) is 5.11 Å². The molecule has 0 aliphatic heterocycles. The number of rotatable bonds is 9. The van der Waals surface area contributed by atoms with Crippen molar-refractivity contribution in [1.82, 2.24) is 5.32 Å². The fraction of sp³-hybridized carbons (Fsp3) is 0.200. The van der Waals surface area contributed by atoms with Crippen molar-refractivity contribution in [2.24, 2.45) is 0 Å². The lowest BCUT2D eigenvalue weighted by Crippen LogP contribution is -2.35. The second kappa shape index (κ2) is 11.7. The summed E-state index contributed by atoms with van der Waals surface area (Å²) in [5, 5.41) is 6.01. The topological polar surface area (TPSA) is 59.6 Å². The van der Waals surface area contributed by atoms with E-state index in [0.717, 1.165) is 29.8 Å². The number of para-hydroxylation sites is 2. The smallest absolute Gasteiger partial charge is 0.230 e. The van der Waals surface area contributed by atoms with Crippen LogP contribution in [0.3, 0.4) is 0 Å². The zero-order chi connectivity index (χ0) is 21.9. The normalized spacial score (nSPS) is 10.2. The van der Waals surface area contributed by atoms with E-state index in [0.29, 0.717) is 12.4 Å². The van der Waals surface area contributed by atoms with Crippen molar-refractivity contribution in [3.8, 4) is 11.5 Å². The Morgan fingerprint density at radius 1 is 0.903 bits per heavy atom. The van der Waals surface area contributed by atoms with Crippen LogP contribution in [0.1, 0.15) is 17.5 Å². The average Bonchev–Trinajstić information content (AvgIpc) is 2.79. The first-order chi connectivity index (χ1) is 15.1. The highest BCUT2D eigenvalue weighted by Gasteiger charge is 2.09. The Kier molecular flexibility index (Phi) is 8.43. The fourth-order valence-corrected chi connectivity index (χ4v) is 3.28. The van der Waals surface area contributed by atoms with Crippen molar-refractivity contribution in [3.63, 3.8) is 0 Å². The van der Waals surface area contributed by atoms with E-state index in [9.17, 15) is 4.79 Å². The van der Waals surface area contributed by atoms with Gasteiger partial charge in [-0.3, -0.25) is 4.79 Å². The molecule has 0 aromatic heterocycles. The van der Waals surface area contributed by atoms with E-state index in [4.69, 9.17) is 21.7 Å². The zero-order valence-corrected chi connectivity index (χ0v) is 18.3. The van der Waals surface area contributed by atoms with Crippen LogP contribution < -0.4 is 20.1 Å². The van der Waals surface area contributed by atoms with Gasteiger partial charge in [-0.1, -0.05) is 54.6 Å². The molecule has 2 N–H and O–H groups in total. The number of hydrogen-bond acceptors (Lipinski definition) is 4. The van der Waals surface area contributed by atoms with Crippen molar-refractivity contribution in [3.05, 3.63) is 90.0 Å². The summed E-state index contributed by atoms with van der Waals surface area (Å²) in [6, 6.07) is 25.2. The van der Waals surface area contributed by atoms with E-state index < -0.39 is 0 Å². The molecule has 0 atom stereocenters. The number of hydrogen-bond donors (Lipinski definition) is 2. The Balaban J connectivity index is 1.47. The Morgan fingerprint density at radius 2 is 1.61 bits per heavy atom. The number of nitrogens with one attached hydrogen (secondary N) is 2. The minimum absolute atomic E-state index is 0.191. The van der Waals surface area contributed by atoms with Crippen LogP contribution in [0.5, 0.6) is 11.5 Å². The third kappa shape index (κ3) is 7.42. The van der Waals surface area contributed by atoms with E-state index in [1.54, 1.807) is 7.11 Å². The molecule has 5 nitrogen and oxygen atoms in total. The van der Waals surface area contributed by atoms with E-state index in [2.05, 4.69) is 22.8 Å². The van der Waals surface area contributed by atoms with Crippen LogP contribution in [0.15, 0.2) is 78.9 Å². The Labute approximate surface area is 188 Å². The Bertz CT molecular complexity index is 991. The van der Waals surface area contributed by atoms with Gasteiger partial charge < -0.3 is 20.1 Å². The molecule has 160 valence electrons. The lowest BCUT2D eigenvalue weighted by molar-refractivity contribution is -0.119. The molecule has 1 amide bonds. The molecule has 0 spiro atoms. The molecule has 0 radical (unpaired) electrons. The second-order valence-corrected chi connectivity index (χ2v) is 7.37. The van der Waals surface area contributed by atoms with E-state index in [1.165, 1.54) is 5.56 Å². The maximum atomic E-state index is 12.3. The number of aryl methyl sites for hydroxylation is 1. The zero-order valence-electron chi connectivity index (χ0n) is 17.5. The van der Waals surface area contributed by atoms with Crippen LogP contribution >= 0.6 is 12.2 Å². The molecular formula is C25H26N2O3S. The summed E-state index contributed by atoms with van der Waals surface area (Å²) >= 11 is 5.31. The standard InChI is InChI=1S/C25H26N2O3S/c1-29-21-15-13-20(14-16-21)18-24(28)27-25(31)26-22-11-5-6-12-23(22)30-17-7-10-19-8-3-2-4-9-19/h2-6,8-9,11-16H,7,10,17-18H2,1H3,(H2,26,27,28,31). The van der Waals surface area contributed by atoms with Gasteiger partial charge in [-0.2, -0.15) is 0 Å². The van der Waals surface area contributed by atoms with Crippen LogP contribution in [0.4, 0.5) is 5.69 Å². The van der Waals surface area contributed by atoms with Crippen molar-refractivity contribution >= 4 is 28.9 Å². The first-order valence-electron chi connectivity index (χ1n) is 10.1. The van der Waals surface area contributed by atoms with Crippen molar-refractivity contribution in [2.75, 3.05) is 19.0 Å². The predicted molar refractivity (Wildman–Crippen MR) is 128 cm³/mol. The monoisotopic (exact) mass is 434 g/mol. The molecule has 0 saturated carbocycles. The average molecular weight is 435 g/mol. The van der Waals surface area contributed by atoms with Gasteiger partial charge in [-0.15, -0.1) is 0 Å². The first kappa shape index (κ1) is 22.3. The summed E-state index contributed by atoms with van der Waals surface area (Å²) in [4.78, 5) is 12.3. The maximum absolute atomic E-state index is 12.3. The summed E-state index contributed by atoms with van der Waals surface area (Å²) in [5.41, 5.74) is 2.89. The molecule has 0 unspecified atom stereocenters. The number of ether oxygens (including phenoxy) is 2. The summed E-state index contributed by atoms with van der Waals surface area (Å²) in [7, 11) is 1.61. The SMILES string of the molecule is COc1ccc(CC(=O)NC(=S)Nc2ccccc2OCCCc2ccccc2)cc1. The van der Waals surface area contributed by atoms with Gasteiger partial charge in [0, 0.05) is 0 Å². The van der Waals surface area contributed by atoms with Gasteiger partial charge in [-0.05, 0) is 60.5 Å². The summed E-state index contributed by atoms with van der Waals surface area (Å²) in [6.07, 6.45) is 2.08. The maximum Gasteiger partial charge on any atom is 0.230 e. The molecule has 0 heterocycles. The number of amides is 1. The highest BCUT2D eigenvalue weighted by Crippen LogP contribution is 2.24. The van der Waals surface area contributed by atoms with Crippen molar-refractivity contribution < 1.29 is 14.3 Å². The summed E-state index contributed by atoms with van der Waals surface area (Å²) in [5.74, 6) is 1.26. The Morgan fingerprint density at radius 3 is 2.35 bits per heavy atom. The van der Waals surface area contributed by atoms with E-state index in [-0.39, 0.29) is 17.4 Å². The molecule has 0 bridgehead atoms. The number of carbonyl (C=O) groups is 1. The van der Waals surface area contributed by atoms with Crippen molar-refractivity contribution in [2.45, 2.75) is 19.3 Å². The molecule has 0 aliphatic rings. The molecule has 0 saturated heterocycles. The van der Waals surface area contributed by atoms with Gasteiger partial charge >= 0.3 is 0 Å². The minimum Gasteiger partial charge on any atom is -0.497 e. The number of methoxy groups -OCH3 is 1. The first-order valence-corrected chi connectivity index (χ1v) is 10.5. The molecule has 3 rings (SSSR count). The number of carbonyl (C=O) groups excluding carboxylic acids is 1. The third-order valence-electron chi connectivity index (χ3n) is 4.62. The minimum atomic E-state index is -0.191. The van der Waals surface area contributed by atoms with Crippen LogP contribution in [0.25, 0.3) is 0 Å². The second-order valence-electron chi connectivity index (χ2n) is 6.96. The van der Waals surface area contributed by atoms with Crippen LogP contribution in [-0.2, 0) is 17.6 Å². The van der Waals surface area contributed by atoms with Gasteiger partial charge in [0.2, 0.25) is 5.91 Å². The highest BCUT2D eigenvalue weighted by atomic mass is 32.1. The molecule has 0 aliphatic carbocycles. The van der Waals surface area contributed by atoms with Crippen LogP contribution in [-0.4, -0.2) is 24.7 Å². The van der Waals surface area contributed by atoms with Crippen molar-refractivity contribution in [1.29, 1.82) is 0 Å². The molecule has 31 heavy (non-hydrogen) atoms. The van der Waals surface area contributed by atoms with Crippen LogP contribution in [0.2, 0.25) is 0 Å². The molecule has 3 aromatic carbocycles. The lowest BCUT2D eigenvalue weighted by atomic mass is 10.1. The predicted octanol–water partition coefficient (Wildman–Crippen LogP) is 4.76. The summed E-state index contributed by atoms with van der Waals surface area (Å²) < 4.78 is 11.1. The van der Waals surface area contributed by atoms with Gasteiger partial charge in [0.25, 0.3) is 0 Å². The van der Waals surface area contributed by atoms with E-state index in [1.807, 2.05) is 66.7 Å². The number of benzene rings is 3. The fourth-order valence-electron chi connectivity index (χ4n) is 3.05.